The number of benzene rings is 1. The van der Waals surface area contributed by atoms with Crippen LogP contribution in [0.3, 0.4) is 0 Å². The standard InChI is InChI=1S/C18H30N4OS/c1-7-19-17(21-13-18(2,3)24-6)20-12-14-8-10-15(11-9-14)16(23)22(4)5/h8-11H,7,12-13H2,1-6H3,(H2,19,20,21). The lowest BCUT2D eigenvalue weighted by Gasteiger charge is -2.23. The first kappa shape index (κ1) is 20.4. The van der Waals surface area contributed by atoms with E-state index in [9.17, 15) is 4.79 Å². The van der Waals surface area contributed by atoms with Crippen LogP contribution in [0, 0.1) is 0 Å². The Kier molecular flexibility index (Phi) is 8.11. The van der Waals surface area contributed by atoms with Crippen LogP contribution in [-0.4, -0.2) is 55.0 Å². The Hall–Kier alpha value is -1.69. The van der Waals surface area contributed by atoms with E-state index in [1.165, 1.54) is 0 Å². The minimum atomic E-state index is 0.0133. The highest BCUT2D eigenvalue weighted by Gasteiger charge is 2.16. The maximum Gasteiger partial charge on any atom is 0.253 e. The summed E-state index contributed by atoms with van der Waals surface area (Å²) in [6, 6.07) is 7.61. The summed E-state index contributed by atoms with van der Waals surface area (Å²) < 4.78 is 0.157. The molecule has 0 spiro atoms. The van der Waals surface area contributed by atoms with Gasteiger partial charge < -0.3 is 15.5 Å². The third-order valence-corrected chi connectivity index (χ3v) is 4.85. The first-order valence-corrected chi connectivity index (χ1v) is 9.39. The molecular formula is C18H30N4OS. The molecule has 0 bridgehead atoms. The maximum atomic E-state index is 11.9. The van der Waals surface area contributed by atoms with Gasteiger partial charge in [-0.15, -0.1) is 0 Å². The Bertz CT molecular complexity index is 553. The van der Waals surface area contributed by atoms with E-state index >= 15 is 0 Å². The largest absolute Gasteiger partial charge is 0.357 e. The molecule has 0 aliphatic carbocycles. The maximum absolute atomic E-state index is 11.9. The fraction of sp³-hybridized carbons (Fsp3) is 0.556. The molecule has 0 aliphatic heterocycles. The monoisotopic (exact) mass is 350 g/mol. The highest BCUT2D eigenvalue weighted by molar-refractivity contribution is 7.99. The Labute approximate surface area is 150 Å². The number of nitrogens with zero attached hydrogens (tertiary/aromatic N) is 2. The zero-order valence-corrected chi connectivity index (χ0v) is 16.5. The van der Waals surface area contributed by atoms with Gasteiger partial charge in [0.05, 0.1) is 6.54 Å². The molecule has 1 rings (SSSR count). The zero-order valence-electron chi connectivity index (χ0n) is 15.6. The summed E-state index contributed by atoms with van der Waals surface area (Å²) in [5.74, 6) is 0.826. The summed E-state index contributed by atoms with van der Waals surface area (Å²) in [5, 5.41) is 6.65. The number of carbonyl (C=O) groups excluding carboxylic acids is 1. The third kappa shape index (κ3) is 6.83. The third-order valence-electron chi connectivity index (χ3n) is 3.61. The molecule has 1 aromatic rings. The van der Waals surface area contributed by atoms with Gasteiger partial charge in [-0.25, -0.2) is 4.99 Å². The molecule has 0 aromatic heterocycles. The second-order valence-corrected chi connectivity index (χ2v) is 7.92. The van der Waals surface area contributed by atoms with Crippen molar-refractivity contribution in [2.24, 2.45) is 4.99 Å². The molecule has 0 aliphatic rings. The predicted octanol–water partition coefficient (Wildman–Crippen LogP) is 2.59. The highest BCUT2D eigenvalue weighted by atomic mass is 32.2. The summed E-state index contributed by atoms with van der Waals surface area (Å²) in [6.45, 7) is 8.70. The Morgan fingerprint density at radius 1 is 1.21 bits per heavy atom. The van der Waals surface area contributed by atoms with Gasteiger partial charge in [0.15, 0.2) is 5.96 Å². The summed E-state index contributed by atoms with van der Waals surface area (Å²) in [4.78, 5) is 18.1. The number of hydrogen-bond donors (Lipinski definition) is 2. The summed E-state index contributed by atoms with van der Waals surface area (Å²) in [7, 11) is 3.51. The minimum Gasteiger partial charge on any atom is -0.357 e. The van der Waals surface area contributed by atoms with Crippen molar-refractivity contribution in [1.82, 2.24) is 15.5 Å². The average Bonchev–Trinajstić information content (AvgIpc) is 2.57. The zero-order chi connectivity index (χ0) is 18.2. The van der Waals surface area contributed by atoms with Crippen LogP contribution >= 0.6 is 11.8 Å². The molecule has 0 radical (unpaired) electrons. The van der Waals surface area contributed by atoms with Crippen LogP contribution in [0.5, 0.6) is 0 Å². The molecule has 0 heterocycles. The van der Waals surface area contributed by atoms with Gasteiger partial charge in [0.25, 0.3) is 5.91 Å². The molecule has 134 valence electrons. The fourth-order valence-electron chi connectivity index (χ4n) is 1.89. The number of aliphatic imine (C=N–C) groups is 1. The van der Waals surface area contributed by atoms with E-state index in [0.29, 0.717) is 12.1 Å². The van der Waals surface area contributed by atoms with Gasteiger partial charge in [0.2, 0.25) is 0 Å². The normalized spacial score (nSPS) is 12.0. The molecule has 0 fully saturated rings. The topological polar surface area (TPSA) is 56.7 Å². The van der Waals surface area contributed by atoms with Crippen molar-refractivity contribution >= 4 is 23.6 Å². The van der Waals surface area contributed by atoms with Crippen LogP contribution in [0.2, 0.25) is 0 Å². The van der Waals surface area contributed by atoms with E-state index in [-0.39, 0.29) is 10.7 Å². The number of rotatable bonds is 7. The molecule has 2 N–H and O–H groups in total. The van der Waals surface area contributed by atoms with Gasteiger partial charge in [0.1, 0.15) is 0 Å². The summed E-state index contributed by atoms with van der Waals surface area (Å²) in [5.41, 5.74) is 1.77. The fourth-order valence-corrected chi connectivity index (χ4v) is 2.11. The Morgan fingerprint density at radius 2 is 1.83 bits per heavy atom. The van der Waals surface area contributed by atoms with Crippen molar-refractivity contribution in [2.75, 3.05) is 33.4 Å². The van der Waals surface area contributed by atoms with E-state index in [1.807, 2.05) is 36.0 Å². The van der Waals surface area contributed by atoms with Gasteiger partial charge in [0, 0.05) is 37.5 Å². The number of nitrogens with one attached hydrogen (secondary N) is 2. The number of amides is 1. The van der Waals surface area contributed by atoms with Gasteiger partial charge >= 0.3 is 0 Å². The highest BCUT2D eigenvalue weighted by Crippen LogP contribution is 2.19. The van der Waals surface area contributed by atoms with E-state index in [1.54, 1.807) is 19.0 Å². The smallest absolute Gasteiger partial charge is 0.253 e. The number of guanidine groups is 1. The molecule has 0 saturated heterocycles. The number of hydrogen-bond acceptors (Lipinski definition) is 3. The van der Waals surface area contributed by atoms with Crippen molar-refractivity contribution in [3.05, 3.63) is 35.4 Å². The van der Waals surface area contributed by atoms with Gasteiger partial charge in [-0.05, 0) is 44.7 Å². The molecule has 1 aromatic carbocycles. The van der Waals surface area contributed by atoms with E-state index in [2.05, 4.69) is 42.7 Å². The van der Waals surface area contributed by atoms with Crippen molar-refractivity contribution in [3.8, 4) is 0 Å². The molecule has 1 amide bonds. The van der Waals surface area contributed by atoms with Crippen LogP contribution in [0.25, 0.3) is 0 Å². The van der Waals surface area contributed by atoms with E-state index in [0.717, 1.165) is 24.6 Å². The SMILES string of the molecule is CCNC(=NCc1ccc(C(=O)N(C)C)cc1)NCC(C)(C)SC. The molecule has 0 unspecified atom stereocenters. The van der Waals surface area contributed by atoms with Gasteiger partial charge in [-0.3, -0.25) is 4.79 Å². The lowest BCUT2D eigenvalue weighted by Crippen LogP contribution is -2.43. The van der Waals surface area contributed by atoms with Crippen molar-refractivity contribution in [2.45, 2.75) is 32.1 Å². The molecule has 0 atom stereocenters. The summed E-state index contributed by atoms with van der Waals surface area (Å²) >= 11 is 1.83. The van der Waals surface area contributed by atoms with Crippen LogP contribution in [0.15, 0.2) is 29.3 Å². The first-order chi connectivity index (χ1) is 11.3. The van der Waals surface area contributed by atoms with Gasteiger partial charge in [-0.2, -0.15) is 11.8 Å². The van der Waals surface area contributed by atoms with Crippen LogP contribution in [-0.2, 0) is 6.54 Å². The number of carbonyl (C=O) groups is 1. The minimum absolute atomic E-state index is 0.0133. The van der Waals surface area contributed by atoms with E-state index < -0.39 is 0 Å². The van der Waals surface area contributed by atoms with Crippen molar-refractivity contribution in [3.63, 3.8) is 0 Å². The second kappa shape index (κ2) is 9.57. The lowest BCUT2D eigenvalue weighted by atomic mass is 10.1. The van der Waals surface area contributed by atoms with E-state index in [4.69, 9.17) is 0 Å². The Morgan fingerprint density at radius 3 is 2.33 bits per heavy atom. The average molecular weight is 351 g/mol. The molecule has 5 nitrogen and oxygen atoms in total. The Balaban J connectivity index is 2.70. The second-order valence-electron chi connectivity index (χ2n) is 6.41. The predicted molar refractivity (Wildman–Crippen MR) is 105 cm³/mol. The lowest BCUT2D eigenvalue weighted by molar-refractivity contribution is 0.0827. The number of thioether (sulfide) groups is 1. The van der Waals surface area contributed by atoms with Crippen LogP contribution in [0.1, 0.15) is 36.7 Å². The summed E-state index contributed by atoms with van der Waals surface area (Å²) in [6.07, 6.45) is 2.11. The van der Waals surface area contributed by atoms with Gasteiger partial charge in [-0.1, -0.05) is 12.1 Å². The molecule has 24 heavy (non-hydrogen) atoms. The molecule has 0 saturated carbocycles. The quantitative estimate of drug-likeness (QED) is 0.586. The first-order valence-electron chi connectivity index (χ1n) is 8.17. The van der Waals surface area contributed by atoms with Crippen molar-refractivity contribution < 1.29 is 4.79 Å². The van der Waals surface area contributed by atoms with Crippen molar-refractivity contribution in [1.29, 1.82) is 0 Å². The van der Waals surface area contributed by atoms with Crippen LogP contribution in [0.4, 0.5) is 0 Å². The molecule has 6 heteroatoms. The van der Waals surface area contributed by atoms with Crippen LogP contribution < -0.4 is 10.6 Å². The molecular weight excluding hydrogens is 320 g/mol.